The van der Waals surface area contributed by atoms with Gasteiger partial charge in [-0.3, -0.25) is 19.8 Å². The van der Waals surface area contributed by atoms with Gasteiger partial charge in [0.15, 0.2) is 0 Å². The third kappa shape index (κ3) is 8.15. The summed E-state index contributed by atoms with van der Waals surface area (Å²) in [7, 11) is -3.87. The second-order valence-electron chi connectivity index (χ2n) is 11.3. The van der Waals surface area contributed by atoms with Gasteiger partial charge in [-0.05, 0) is 64.9 Å². The molecule has 6 N–H and O–H groups in total. The van der Waals surface area contributed by atoms with Gasteiger partial charge < -0.3 is 20.8 Å². The SMILES string of the molecule is CCS(=O)(=O)NC(=O)Nc1ccc(CC(C(=O)NC2(C(=O)O)Cc3ccccc3N2C(=O)O)N(Nc2cc(Cl)ccc2-n2cnnn2)C(=O)C=O)cc1. The predicted octanol–water partition coefficient (Wildman–Crippen LogP) is 1.39. The summed E-state index contributed by atoms with van der Waals surface area (Å²) in [6.07, 6.45) is -1.52. The average Bonchev–Trinajstić information content (AvgIpc) is 3.77. The number of carbonyl (C=O) groups is 6. The van der Waals surface area contributed by atoms with Crippen molar-refractivity contribution in [3.63, 3.8) is 0 Å². The molecule has 2 unspecified atom stereocenters. The zero-order valence-electron chi connectivity index (χ0n) is 27.3. The number of aliphatic carboxylic acids is 1. The second-order valence-corrected chi connectivity index (χ2v) is 13.8. The summed E-state index contributed by atoms with van der Waals surface area (Å²) in [4.78, 5) is 78.0. The van der Waals surface area contributed by atoms with E-state index >= 15 is 0 Å². The zero-order valence-corrected chi connectivity index (χ0v) is 28.9. The molecule has 1 aliphatic rings. The number of carboxylic acid groups (broad SMARTS) is 2. The molecular formula is C31H29ClN10O10S. The van der Waals surface area contributed by atoms with Gasteiger partial charge >= 0.3 is 24.0 Å². The number of anilines is 3. The number of amides is 5. The first-order chi connectivity index (χ1) is 25.2. The molecule has 0 saturated heterocycles. The number of hydrogen-bond acceptors (Lipinski definition) is 12. The average molecular weight is 769 g/mol. The fraction of sp³-hybridized carbons (Fsp3) is 0.194. The molecule has 2 atom stereocenters. The number of fused-ring (bicyclic) bond motifs is 1. The van der Waals surface area contributed by atoms with Gasteiger partial charge in [0.05, 0.1) is 22.8 Å². The van der Waals surface area contributed by atoms with Gasteiger partial charge in [-0.15, -0.1) is 5.10 Å². The van der Waals surface area contributed by atoms with Crippen LogP contribution in [0.4, 0.5) is 26.7 Å². The molecule has 3 aromatic carbocycles. The van der Waals surface area contributed by atoms with E-state index in [1.54, 1.807) is 6.07 Å². The first-order valence-corrected chi connectivity index (χ1v) is 17.4. The number of para-hydroxylation sites is 1. The molecule has 1 aliphatic heterocycles. The van der Waals surface area contributed by atoms with E-state index in [1.807, 2.05) is 4.72 Å². The number of rotatable bonds is 13. The quantitative estimate of drug-likeness (QED) is 0.0637. The highest BCUT2D eigenvalue weighted by Crippen LogP contribution is 2.38. The predicted molar refractivity (Wildman–Crippen MR) is 185 cm³/mol. The fourth-order valence-electron chi connectivity index (χ4n) is 5.48. The zero-order chi connectivity index (χ0) is 38.5. The van der Waals surface area contributed by atoms with Gasteiger partial charge in [0.25, 0.3) is 0 Å². The van der Waals surface area contributed by atoms with E-state index in [0.717, 1.165) is 0 Å². The van der Waals surface area contributed by atoms with Crippen molar-refractivity contribution in [1.82, 2.24) is 35.3 Å². The number of nitrogens with one attached hydrogen (secondary N) is 4. The number of hydrogen-bond donors (Lipinski definition) is 6. The van der Waals surface area contributed by atoms with E-state index in [-0.39, 0.29) is 50.9 Å². The van der Waals surface area contributed by atoms with Crippen LogP contribution in [0.25, 0.3) is 5.69 Å². The van der Waals surface area contributed by atoms with Crippen molar-refractivity contribution in [3.05, 3.63) is 89.2 Å². The van der Waals surface area contributed by atoms with Crippen molar-refractivity contribution in [2.45, 2.75) is 31.5 Å². The van der Waals surface area contributed by atoms with Gasteiger partial charge in [-0.2, -0.15) is 4.68 Å². The highest BCUT2D eigenvalue weighted by molar-refractivity contribution is 7.90. The van der Waals surface area contributed by atoms with Crippen LogP contribution in [0.15, 0.2) is 73.1 Å². The van der Waals surface area contributed by atoms with Crippen LogP contribution in [-0.2, 0) is 42.0 Å². The van der Waals surface area contributed by atoms with Crippen LogP contribution in [0, 0.1) is 0 Å². The molecule has 276 valence electrons. The Morgan fingerprint density at radius 1 is 1.04 bits per heavy atom. The maximum Gasteiger partial charge on any atom is 0.414 e. The maximum atomic E-state index is 14.4. The van der Waals surface area contributed by atoms with Crippen molar-refractivity contribution in [2.75, 3.05) is 21.4 Å². The minimum absolute atomic E-state index is 0.00192. The number of sulfonamides is 1. The lowest BCUT2D eigenvalue weighted by Gasteiger charge is -2.37. The number of nitrogens with zero attached hydrogens (tertiary/aromatic N) is 6. The molecule has 2 heterocycles. The molecule has 20 nitrogen and oxygen atoms in total. The molecule has 53 heavy (non-hydrogen) atoms. The van der Waals surface area contributed by atoms with Crippen molar-refractivity contribution in [3.8, 4) is 5.69 Å². The molecule has 4 aromatic rings. The highest BCUT2D eigenvalue weighted by Gasteiger charge is 2.55. The Morgan fingerprint density at radius 2 is 1.75 bits per heavy atom. The first-order valence-electron chi connectivity index (χ1n) is 15.3. The van der Waals surface area contributed by atoms with E-state index in [4.69, 9.17) is 11.6 Å². The lowest BCUT2D eigenvalue weighted by molar-refractivity contribution is -0.149. The number of benzene rings is 3. The standard InChI is InChI=1S/C31H29ClN10O10S/c1-2-53(51,52)37-29(48)34-21-10-7-18(8-11-21)13-25(27(45)35-31(28(46)47)15-19-5-3-4-6-23(19)41(31)30(49)50)42(26(44)16-43)36-22-14-20(32)9-12-24(22)40-17-33-38-39-40/h3-12,14,16-17,25,36H,2,13,15H2,1H3,(H,35,45)(H,46,47)(H,49,50)(H2,34,37,48). The molecule has 22 heteroatoms. The maximum absolute atomic E-state index is 14.4. The van der Waals surface area contributed by atoms with E-state index in [2.05, 4.69) is 31.6 Å². The lowest BCUT2D eigenvalue weighted by Crippen LogP contribution is -2.69. The Bertz CT molecular complexity index is 2190. The molecule has 0 spiro atoms. The summed E-state index contributed by atoms with van der Waals surface area (Å²) in [5.74, 6) is -4.60. The number of halogens is 1. The van der Waals surface area contributed by atoms with Crippen LogP contribution in [-0.4, -0.2) is 97.5 Å². The largest absolute Gasteiger partial charge is 0.478 e. The number of carboxylic acids is 1. The number of aldehydes is 1. The summed E-state index contributed by atoms with van der Waals surface area (Å²) in [6, 6.07) is 12.9. The number of tetrazole rings is 1. The van der Waals surface area contributed by atoms with Gasteiger partial charge in [0, 0.05) is 23.6 Å². The van der Waals surface area contributed by atoms with E-state index in [1.165, 1.54) is 78.6 Å². The minimum Gasteiger partial charge on any atom is -0.478 e. The Balaban J connectivity index is 1.55. The minimum atomic E-state index is -3.87. The molecule has 5 amide bonds. The summed E-state index contributed by atoms with van der Waals surface area (Å²) < 4.78 is 26.5. The molecule has 0 saturated carbocycles. The van der Waals surface area contributed by atoms with Gasteiger partial charge in [-0.1, -0.05) is 41.9 Å². The summed E-state index contributed by atoms with van der Waals surface area (Å²) in [5, 5.41) is 37.0. The molecule has 0 radical (unpaired) electrons. The monoisotopic (exact) mass is 768 g/mol. The van der Waals surface area contributed by atoms with Crippen molar-refractivity contribution in [2.24, 2.45) is 0 Å². The van der Waals surface area contributed by atoms with Crippen LogP contribution in [0.1, 0.15) is 18.1 Å². The topological polar surface area (TPSA) is 275 Å². The Labute approximate surface area is 304 Å². The number of hydrazine groups is 1. The van der Waals surface area contributed by atoms with E-state index in [9.17, 15) is 47.4 Å². The van der Waals surface area contributed by atoms with Crippen LogP contribution in [0.3, 0.4) is 0 Å². The van der Waals surface area contributed by atoms with Gasteiger partial charge in [0.1, 0.15) is 12.4 Å². The van der Waals surface area contributed by atoms with Crippen molar-refractivity contribution in [1.29, 1.82) is 0 Å². The molecule has 0 fully saturated rings. The third-order valence-corrected chi connectivity index (χ3v) is 9.44. The Kier molecular flexibility index (Phi) is 10.9. The second kappa shape index (κ2) is 15.3. The smallest absolute Gasteiger partial charge is 0.414 e. The number of aromatic nitrogens is 4. The summed E-state index contributed by atoms with van der Waals surface area (Å²) >= 11 is 6.25. The fourth-order valence-corrected chi connectivity index (χ4v) is 6.13. The summed E-state index contributed by atoms with van der Waals surface area (Å²) in [6.45, 7) is 1.34. The molecule has 5 rings (SSSR count). The van der Waals surface area contributed by atoms with Crippen molar-refractivity contribution < 1.29 is 47.4 Å². The molecule has 0 aliphatic carbocycles. The van der Waals surface area contributed by atoms with Crippen LogP contribution in [0.2, 0.25) is 5.02 Å². The number of urea groups is 1. The molecule has 0 bridgehead atoms. The van der Waals surface area contributed by atoms with Crippen LogP contribution in [0.5, 0.6) is 0 Å². The van der Waals surface area contributed by atoms with Crippen molar-refractivity contribution >= 4 is 74.9 Å². The molecular weight excluding hydrogens is 740 g/mol. The van der Waals surface area contributed by atoms with Gasteiger partial charge in [-0.25, -0.2) is 37.4 Å². The Hall–Kier alpha value is -6.61. The van der Waals surface area contributed by atoms with Crippen LogP contribution >= 0.6 is 11.6 Å². The normalized spacial score (nSPS) is 15.4. The number of carbonyl (C=O) groups excluding carboxylic acids is 4. The van der Waals surface area contributed by atoms with E-state index < -0.39 is 64.5 Å². The van der Waals surface area contributed by atoms with Gasteiger partial charge in [0.2, 0.25) is 27.9 Å². The lowest BCUT2D eigenvalue weighted by atomic mass is 10.0. The van der Waals surface area contributed by atoms with E-state index in [0.29, 0.717) is 9.91 Å². The molecule has 1 aromatic heterocycles. The van der Waals surface area contributed by atoms with Crippen LogP contribution < -0.4 is 25.7 Å². The third-order valence-electron chi connectivity index (χ3n) is 7.95. The first kappa shape index (κ1) is 37.6. The highest BCUT2D eigenvalue weighted by atomic mass is 35.5. The Morgan fingerprint density at radius 3 is 2.38 bits per heavy atom. The summed E-state index contributed by atoms with van der Waals surface area (Å²) in [5.41, 5.74) is 1.03.